The van der Waals surface area contributed by atoms with Gasteiger partial charge < -0.3 is 15.8 Å². The number of benzene rings is 1. The molecule has 92 valence electrons. The number of nitrogens with zero attached hydrogens (tertiary/aromatic N) is 2. The highest BCUT2D eigenvalue weighted by Crippen LogP contribution is 2.23. The van der Waals surface area contributed by atoms with E-state index in [0.29, 0.717) is 22.6 Å². The van der Waals surface area contributed by atoms with E-state index in [4.69, 9.17) is 10.5 Å². The SMILES string of the molecule is COC(=O)c1cc(N)ccc1Nc1cncnc1. The van der Waals surface area contributed by atoms with E-state index in [-0.39, 0.29) is 0 Å². The second-order valence-electron chi connectivity index (χ2n) is 3.55. The number of carbonyl (C=O) groups excluding carboxylic acids is 1. The number of nitrogen functional groups attached to an aromatic ring is 1. The molecule has 18 heavy (non-hydrogen) atoms. The van der Waals surface area contributed by atoms with Gasteiger partial charge in [0.05, 0.1) is 36.4 Å². The number of methoxy groups -OCH3 is 1. The van der Waals surface area contributed by atoms with Crippen molar-refractivity contribution in [3.8, 4) is 0 Å². The largest absolute Gasteiger partial charge is 0.465 e. The van der Waals surface area contributed by atoms with Gasteiger partial charge in [-0.05, 0) is 18.2 Å². The number of carbonyl (C=O) groups is 1. The monoisotopic (exact) mass is 244 g/mol. The van der Waals surface area contributed by atoms with Gasteiger partial charge in [0, 0.05) is 5.69 Å². The zero-order valence-electron chi connectivity index (χ0n) is 9.75. The molecule has 0 aliphatic heterocycles. The maximum absolute atomic E-state index is 11.6. The second kappa shape index (κ2) is 5.13. The Morgan fingerprint density at radius 1 is 1.33 bits per heavy atom. The smallest absolute Gasteiger partial charge is 0.340 e. The van der Waals surface area contributed by atoms with Crippen molar-refractivity contribution in [2.45, 2.75) is 0 Å². The second-order valence-corrected chi connectivity index (χ2v) is 3.55. The van der Waals surface area contributed by atoms with E-state index in [1.54, 1.807) is 30.6 Å². The summed E-state index contributed by atoms with van der Waals surface area (Å²) in [6.07, 6.45) is 4.63. The number of ether oxygens (including phenoxy) is 1. The molecule has 3 N–H and O–H groups in total. The molecule has 0 saturated heterocycles. The number of aromatic nitrogens is 2. The Balaban J connectivity index is 2.35. The average Bonchev–Trinajstić information content (AvgIpc) is 2.41. The quantitative estimate of drug-likeness (QED) is 0.629. The molecule has 0 aliphatic carbocycles. The summed E-state index contributed by atoms with van der Waals surface area (Å²) in [5.41, 5.74) is 7.77. The summed E-state index contributed by atoms with van der Waals surface area (Å²) in [6, 6.07) is 4.95. The van der Waals surface area contributed by atoms with Gasteiger partial charge in [0.15, 0.2) is 0 Å². The third-order valence-corrected chi connectivity index (χ3v) is 2.29. The molecule has 1 aromatic carbocycles. The number of rotatable bonds is 3. The molecule has 6 heteroatoms. The Labute approximate surface area is 104 Å². The minimum absolute atomic E-state index is 0.362. The fraction of sp³-hybridized carbons (Fsp3) is 0.0833. The van der Waals surface area contributed by atoms with Gasteiger partial charge in [0.2, 0.25) is 0 Å². The van der Waals surface area contributed by atoms with Crippen molar-refractivity contribution in [2.24, 2.45) is 0 Å². The first-order valence-electron chi connectivity index (χ1n) is 5.20. The molecule has 0 unspecified atom stereocenters. The van der Waals surface area contributed by atoms with Crippen LogP contribution >= 0.6 is 0 Å². The van der Waals surface area contributed by atoms with Gasteiger partial charge in [-0.2, -0.15) is 0 Å². The average molecular weight is 244 g/mol. The minimum atomic E-state index is -0.457. The molecule has 2 rings (SSSR count). The molecule has 1 heterocycles. The predicted octanol–water partition coefficient (Wildman–Crippen LogP) is 1.59. The lowest BCUT2D eigenvalue weighted by Gasteiger charge is -2.10. The van der Waals surface area contributed by atoms with Crippen molar-refractivity contribution in [3.05, 3.63) is 42.5 Å². The number of hydrogen-bond donors (Lipinski definition) is 2. The molecule has 1 aromatic heterocycles. The maximum atomic E-state index is 11.6. The van der Waals surface area contributed by atoms with Gasteiger partial charge in [-0.3, -0.25) is 0 Å². The topological polar surface area (TPSA) is 90.1 Å². The predicted molar refractivity (Wildman–Crippen MR) is 67.5 cm³/mol. The molecule has 0 amide bonds. The van der Waals surface area contributed by atoms with Crippen molar-refractivity contribution in [1.82, 2.24) is 9.97 Å². The maximum Gasteiger partial charge on any atom is 0.340 e. The highest BCUT2D eigenvalue weighted by molar-refractivity contribution is 5.97. The van der Waals surface area contributed by atoms with Gasteiger partial charge in [-0.25, -0.2) is 14.8 Å². The van der Waals surface area contributed by atoms with E-state index in [1.807, 2.05) is 0 Å². The van der Waals surface area contributed by atoms with Gasteiger partial charge in [0.1, 0.15) is 6.33 Å². The number of nitrogens with one attached hydrogen (secondary N) is 1. The van der Waals surface area contributed by atoms with E-state index in [1.165, 1.54) is 13.4 Å². The first kappa shape index (κ1) is 11.8. The molecule has 0 atom stereocenters. The molecular formula is C12H12N4O2. The minimum Gasteiger partial charge on any atom is -0.465 e. The molecule has 0 bridgehead atoms. The number of esters is 1. The van der Waals surface area contributed by atoms with E-state index in [9.17, 15) is 4.79 Å². The van der Waals surface area contributed by atoms with Crippen molar-refractivity contribution in [2.75, 3.05) is 18.2 Å². The lowest BCUT2D eigenvalue weighted by atomic mass is 10.1. The van der Waals surface area contributed by atoms with Crippen molar-refractivity contribution >= 4 is 23.0 Å². The van der Waals surface area contributed by atoms with Crippen LogP contribution in [0, 0.1) is 0 Å². The van der Waals surface area contributed by atoms with Gasteiger partial charge in [-0.1, -0.05) is 0 Å². The highest BCUT2D eigenvalue weighted by atomic mass is 16.5. The molecule has 0 spiro atoms. The van der Waals surface area contributed by atoms with Crippen LogP contribution in [0.25, 0.3) is 0 Å². The Hall–Kier alpha value is -2.63. The number of hydrogen-bond acceptors (Lipinski definition) is 6. The fourth-order valence-corrected chi connectivity index (χ4v) is 1.47. The zero-order valence-corrected chi connectivity index (χ0v) is 9.75. The zero-order chi connectivity index (χ0) is 13.0. The van der Waals surface area contributed by atoms with Crippen LogP contribution in [0.2, 0.25) is 0 Å². The first-order chi connectivity index (χ1) is 8.70. The Morgan fingerprint density at radius 2 is 2.06 bits per heavy atom. The summed E-state index contributed by atoms with van der Waals surface area (Å²) < 4.78 is 4.70. The normalized spacial score (nSPS) is 9.83. The summed E-state index contributed by atoms with van der Waals surface area (Å²) >= 11 is 0. The summed E-state index contributed by atoms with van der Waals surface area (Å²) in [4.78, 5) is 19.4. The standard InChI is InChI=1S/C12H12N4O2/c1-18-12(17)10-4-8(13)2-3-11(10)16-9-5-14-7-15-6-9/h2-7,16H,13H2,1H3. The van der Waals surface area contributed by atoms with E-state index in [2.05, 4.69) is 15.3 Å². The van der Waals surface area contributed by atoms with Crippen LogP contribution in [-0.4, -0.2) is 23.0 Å². The lowest BCUT2D eigenvalue weighted by molar-refractivity contribution is 0.0602. The highest BCUT2D eigenvalue weighted by Gasteiger charge is 2.12. The van der Waals surface area contributed by atoms with Gasteiger partial charge in [-0.15, -0.1) is 0 Å². The third-order valence-electron chi connectivity index (χ3n) is 2.29. The van der Waals surface area contributed by atoms with Gasteiger partial charge >= 0.3 is 5.97 Å². The molecule has 0 aliphatic rings. The van der Waals surface area contributed by atoms with Crippen molar-refractivity contribution in [3.63, 3.8) is 0 Å². The summed E-state index contributed by atoms with van der Waals surface area (Å²) in [7, 11) is 1.32. The van der Waals surface area contributed by atoms with Crippen LogP contribution in [0.1, 0.15) is 10.4 Å². The summed E-state index contributed by atoms with van der Waals surface area (Å²) in [5, 5.41) is 3.03. The number of anilines is 3. The molecule has 2 aromatic rings. The molecule has 0 saturated carbocycles. The Kier molecular flexibility index (Phi) is 3.38. The van der Waals surface area contributed by atoms with Crippen LogP contribution in [0.5, 0.6) is 0 Å². The molecular weight excluding hydrogens is 232 g/mol. The molecule has 6 nitrogen and oxygen atoms in total. The van der Waals surface area contributed by atoms with Crippen LogP contribution in [0.15, 0.2) is 36.9 Å². The van der Waals surface area contributed by atoms with E-state index >= 15 is 0 Å². The van der Waals surface area contributed by atoms with Crippen LogP contribution in [-0.2, 0) is 4.74 Å². The fourth-order valence-electron chi connectivity index (χ4n) is 1.47. The molecule has 0 radical (unpaired) electrons. The summed E-state index contributed by atoms with van der Waals surface area (Å²) in [6.45, 7) is 0. The molecule has 0 fully saturated rings. The summed E-state index contributed by atoms with van der Waals surface area (Å²) in [5.74, 6) is -0.457. The van der Waals surface area contributed by atoms with Crippen molar-refractivity contribution < 1.29 is 9.53 Å². The van der Waals surface area contributed by atoms with E-state index < -0.39 is 5.97 Å². The first-order valence-corrected chi connectivity index (χ1v) is 5.20. The third kappa shape index (κ3) is 2.54. The van der Waals surface area contributed by atoms with Crippen molar-refractivity contribution in [1.29, 1.82) is 0 Å². The van der Waals surface area contributed by atoms with Crippen LogP contribution in [0.4, 0.5) is 17.1 Å². The van der Waals surface area contributed by atoms with Crippen LogP contribution < -0.4 is 11.1 Å². The number of nitrogens with two attached hydrogens (primary N) is 1. The Bertz CT molecular complexity index is 557. The van der Waals surface area contributed by atoms with Crippen LogP contribution in [0.3, 0.4) is 0 Å². The van der Waals surface area contributed by atoms with Gasteiger partial charge in [0.25, 0.3) is 0 Å². The Morgan fingerprint density at radius 3 is 2.72 bits per heavy atom. The lowest BCUT2D eigenvalue weighted by Crippen LogP contribution is -2.06. The van der Waals surface area contributed by atoms with E-state index in [0.717, 1.165) is 0 Å².